The van der Waals surface area contributed by atoms with Crippen LogP contribution in [0.15, 0.2) is 18.2 Å². The van der Waals surface area contributed by atoms with Crippen LogP contribution in [-0.2, 0) is 22.6 Å². The van der Waals surface area contributed by atoms with Crippen molar-refractivity contribution in [3.63, 3.8) is 0 Å². The van der Waals surface area contributed by atoms with E-state index in [0.717, 1.165) is 5.56 Å². The highest BCUT2D eigenvalue weighted by atomic mass is 19.1. The molecular formula is C12H18FNO2. The third-order valence-corrected chi connectivity index (χ3v) is 2.28. The number of hydrogen-bond donors (Lipinski definition) is 1. The van der Waals surface area contributed by atoms with Crippen LogP contribution in [-0.4, -0.2) is 19.8 Å². The number of ether oxygens (including phenoxy) is 2. The van der Waals surface area contributed by atoms with Gasteiger partial charge in [-0.2, -0.15) is 0 Å². The zero-order valence-corrected chi connectivity index (χ0v) is 9.70. The van der Waals surface area contributed by atoms with Crippen molar-refractivity contribution < 1.29 is 13.9 Å². The standard InChI is InChI=1S/C12H18FNO2/c1-9(7-15-2)16-8-11-4-3-10(6-14)5-12(11)13/h3-5,9H,6-8,14H2,1-2H3. The molecule has 0 radical (unpaired) electrons. The predicted octanol–water partition coefficient (Wildman–Crippen LogP) is 1.84. The van der Waals surface area contributed by atoms with Crippen LogP contribution in [0.4, 0.5) is 4.39 Å². The molecule has 1 rings (SSSR count). The lowest BCUT2D eigenvalue weighted by Crippen LogP contribution is -2.15. The Morgan fingerprint density at radius 2 is 2.19 bits per heavy atom. The maximum Gasteiger partial charge on any atom is 0.129 e. The quantitative estimate of drug-likeness (QED) is 0.806. The number of nitrogens with two attached hydrogens (primary N) is 1. The van der Waals surface area contributed by atoms with E-state index >= 15 is 0 Å². The molecule has 0 aliphatic rings. The molecule has 0 aliphatic heterocycles. The van der Waals surface area contributed by atoms with Gasteiger partial charge in [-0.25, -0.2) is 4.39 Å². The number of benzene rings is 1. The Hall–Kier alpha value is -0.970. The lowest BCUT2D eigenvalue weighted by atomic mass is 10.1. The van der Waals surface area contributed by atoms with Crippen LogP contribution in [0.3, 0.4) is 0 Å². The van der Waals surface area contributed by atoms with Crippen molar-refractivity contribution >= 4 is 0 Å². The van der Waals surface area contributed by atoms with Crippen LogP contribution in [0.25, 0.3) is 0 Å². The van der Waals surface area contributed by atoms with E-state index in [4.69, 9.17) is 15.2 Å². The maximum atomic E-state index is 13.5. The minimum absolute atomic E-state index is 0.0430. The fourth-order valence-corrected chi connectivity index (χ4v) is 1.35. The molecule has 1 aromatic rings. The molecule has 2 N–H and O–H groups in total. The summed E-state index contributed by atoms with van der Waals surface area (Å²) >= 11 is 0. The van der Waals surface area contributed by atoms with Crippen molar-refractivity contribution in [1.29, 1.82) is 0 Å². The molecule has 0 fully saturated rings. The summed E-state index contributed by atoms with van der Waals surface area (Å²) in [4.78, 5) is 0. The van der Waals surface area contributed by atoms with Gasteiger partial charge >= 0.3 is 0 Å². The van der Waals surface area contributed by atoms with Gasteiger partial charge in [0.15, 0.2) is 0 Å². The van der Waals surface area contributed by atoms with Crippen LogP contribution >= 0.6 is 0 Å². The topological polar surface area (TPSA) is 44.5 Å². The van der Waals surface area contributed by atoms with E-state index in [1.807, 2.05) is 13.0 Å². The van der Waals surface area contributed by atoms with Crippen molar-refractivity contribution in [3.05, 3.63) is 35.1 Å². The Morgan fingerprint density at radius 3 is 2.75 bits per heavy atom. The minimum Gasteiger partial charge on any atom is -0.382 e. The average Bonchev–Trinajstić information content (AvgIpc) is 2.27. The average molecular weight is 227 g/mol. The highest BCUT2D eigenvalue weighted by Gasteiger charge is 2.06. The first-order valence-electron chi connectivity index (χ1n) is 5.25. The summed E-state index contributed by atoms with van der Waals surface area (Å²) in [7, 11) is 1.61. The van der Waals surface area contributed by atoms with E-state index < -0.39 is 0 Å². The van der Waals surface area contributed by atoms with Crippen molar-refractivity contribution in [3.8, 4) is 0 Å². The molecule has 0 saturated carbocycles. The molecule has 1 atom stereocenters. The summed E-state index contributed by atoms with van der Waals surface area (Å²) in [6.07, 6.45) is -0.0430. The Kier molecular flexibility index (Phi) is 5.38. The van der Waals surface area contributed by atoms with Gasteiger partial charge in [-0.1, -0.05) is 12.1 Å². The van der Waals surface area contributed by atoms with Gasteiger partial charge in [0, 0.05) is 19.2 Å². The molecule has 0 aromatic heterocycles. The normalized spacial score (nSPS) is 12.8. The molecule has 90 valence electrons. The lowest BCUT2D eigenvalue weighted by Gasteiger charge is -2.12. The molecular weight excluding hydrogens is 209 g/mol. The SMILES string of the molecule is COCC(C)OCc1ccc(CN)cc1F. The van der Waals surface area contributed by atoms with E-state index in [0.29, 0.717) is 18.7 Å². The van der Waals surface area contributed by atoms with E-state index in [1.165, 1.54) is 6.07 Å². The third-order valence-electron chi connectivity index (χ3n) is 2.28. The second kappa shape index (κ2) is 6.58. The van der Waals surface area contributed by atoms with Crippen LogP contribution in [0.2, 0.25) is 0 Å². The van der Waals surface area contributed by atoms with Gasteiger partial charge in [-0.15, -0.1) is 0 Å². The second-order valence-electron chi connectivity index (χ2n) is 3.71. The van der Waals surface area contributed by atoms with Gasteiger partial charge in [0.1, 0.15) is 5.82 Å². The second-order valence-corrected chi connectivity index (χ2v) is 3.71. The molecule has 1 unspecified atom stereocenters. The maximum absolute atomic E-state index is 13.5. The lowest BCUT2D eigenvalue weighted by molar-refractivity contribution is -0.00110. The van der Waals surface area contributed by atoms with Crippen LogP contribution < -0.4 is 5.73 Å². The van der Waals surface area contributed by atoms with Gasteiger partial charge in [-0.05, 0) is 18.6 Å². The largest absolute Gasteiger partial charge is 0.382 e. The highest BCUT2D eigenvalue weighted by Crippen LogP contribution is 2.12. The van der Waals surface area contributed by atoms with Gasteiger partial charge in [0.05, 0.1) is 19.3 Å². The van der Waals surface area contributed by atoms with Crippen LogP contribution in [0, 0.1) is 5.82 Å². The van der Waals surface area contributed by atoms with E-state index in [2.05, 4.69) is 0 Å². The number of halogens is 1. The monoisotopic (exact) mass is 227 g/mol. The molecule has 3 nitrogen and oxygen atoms in total. The van der Waals surface area contributed by atoms with E-state index in [1.54, 1.807) is 13.2 Å². The zero-order chi connectivity index (χ0) is 12.0. The predicted molar refractivity (Wildman–Crippen MR) is 60.4 cm³/mol. The number of rotatable bonds is 6. The van der Waals surface area contributed by atoms with E-state index in [-0.39, 0.29) is 18.5 Å². The zero-order valence-electron chi connectivity index (χ0n) is 9.70. The molecule has 0 amide bonds. The van der Waals surface area contributed by atoms with Gasteiger partial charge in [0.2, 0.25) is 0 Å². The number of hydrogen-bond acceptors (Lipinski definition) is 3. The van der Waals surface area contributed by atoms with Crippen LogP contribution in [0.5, 0.6) is 0 Å². The Bertz CT molecular complexity index is 331. The fraction of sp³-hybridized carbons (Fsp3) is 0.500. The molecule has 1 aromatic carbocycles. The first kappa shape index (κ1) is 13.1. The minimum atomic E-state index is -0.271. The first-order chi connectivity index (χ1) is 7.67. The summed E-state index contributed by atoms with van der Waals surface area (Å²) in [6.45, 7) is 2.98. The molecule has 4 heteroatoms. The molecule has 0 bridgehead atoms. The van der Waals surface area contributed by atoms with Crippen LogP contribution in [0.1, 0.15) is 18.1 Å². The summed E-state index contributed by atoms with van der Waals surface area (Å²) in [5.74, 6) is -0.271. The Balaban J connectivity index is 2.54. The van der Waals surface area contributed by atoms with Crippen molar-refractivity contribution in [2.45, 2.75) is 26.2 Å². The van der Waals surface area contributed by atoms with Gasteiger partial charge in [-0.3, -0.25) is 0 Å². The highest BCUT2D eigenvalue weighted by molar-refractivity contribution is 5.23. The third kappa shape index (κ3) is 3.89. The van der Waals surface area contributed by atoms with Gasteiger partial charge < -0.3 is 15.2 Å². The fourth-order valence-electron chi connectivity index (χ4n) is 1.35. The van der Waals surface area contributed by atoms with Gasteiger partial charge in [0.25, 0.3) is 0 Å². The molecule has 16 heavy (non-hydrogen) atoms. The molecule has 0 saturated heterocycles. The summed E-state index contributed by atoms with van der Waals surface area (Å²) in [5.41, 5.74) is 6.74. The molecule has 0 aliphatic carbocycles. The molecule has 0 spiro atoms. The number of methoxy groups -OCH3 is 1. The summed E-state index contributed by atoms with van der Waals surface area (Å²) < 4.78 is 23.9. The van der Waals surface area contributed by atoms with Crippen molar-refractivity contribution in [1.82, 2.24) is 0 Å². The first-order valence-corrected chi connectivity index (χ1v) is 5.25. The van der Waals surface area contributed by atoms with E-state index in [9.17, 15) is 4.39 Å². The smallest absolute Gasteiger partial charge is 0.129 e. The summed E-state index contributed by atoms with van der Waals surface area (Å²) in [6, 6.07) is 4.96. The van der Waals surface area contributed by atoms with Crippen molar-refractivity contribution in [2.75, 3.05) is 13.7 Å². The molecule has 0 heterocycles. The Morgan fingerprint density at radius 1 is 1.44 bits per heavy atom. The Labute approximate surface area is 95.4 Å². The van der Waals surface area contributed by atoms with Crippen molar-refractivity contribution in [2.24, 2.45) is 5.73 Å². The summed E-state index contributed by atoms with van der Waals surface area (Å²) in [5, 5.41) is 0.